The zero-order chi connectivity index (χ0) is 31.0. The zero-order valence-electron chi connectivity index (χ0n) is 25.5. The van der Waals surface area contributed by atoms with Crippen molar-refractivity contribution in [3.63, 3.8) is 0 Å². The number of carbonyl (C=O) groups is 2. The largest absolute Gasteiger partial charge is 1.00 e. The van der Waals surface area contributed by atoms with E-state index in [1.165, 1.54) is 5.56 Å². The van der Waals surface area contributed by atoms with E-state index in [4.69, 9.17) is 0 Å². The molecule has 0 saturated heterocycles. The van der Waals surface area contributed by atoms with Gasteiger partial charge in [-0.1, -0.05) is 75.4 Å². The molecule has 8 nitrogen and oxygen atoms in total. The van der Waals surface area contributed by atoms with Crippen molar-refractivity contribution in [2.75, 3.05) is 17.6 Å². The predicted molar refractivity (Wildman–Crippen MR) is 168 cm³/mol. The summed E-state index contributed by atoms with van der Waals surface area (Å²) in [5.74, 6) is -1.80. The van der Waals surface area contributed by atoms with Crippen LogP contribution >= 0.6 is 0 Å². The number of anilines is 1. The van der Waals surface area contributed by atoms with Crippen LogP contribution in [0.4, 0.5) is 5.69 Å². The number of amides is 2. The van der Waals surface area contributed by atoms with E-state index in [1.54, 1.807) is 36.7 Å². The van der Waals surface area contributed by atoms with Gasteiger partial charge in [0.25, 0.3) is 5.91 Å². The van der Waals surface area contributed by atoms with Crippen LogP contribution in [0.15, 0.2) is 97.3 Å². The van der Waals surface area contributed by atoms with Gasteiger partial charge in [0, 0.05) is 30.2 Å². The molecule has 0 aliphatic rings. The third kappa shape index (κ3) is 11.0. The van der Waals surface area contributed by atoms with Gasteiger partial charge in [-0.25, -0.2) is 8.42 Å². The summed E-state index contributed by atoms with van der Waals surface area (Å²) in [6.07, 6.45) is 4.83. The molecule has 0 aliphatic carbocycles. The number of nitrogens with one attached hydrogen (secondary N) is 2. The first-order valence-corrected chi connectivity index (χ1v) is 15.6. The average molecular weight is 622 g/mol. The Morgan fingerprint density at radius 2 is 1.50 bits per heavy atom. The van der Waals surface area contributed by atoms with Gasteiger partial charge in [0.1, 0.15) is 0 Å². The van der Waals surface area contributed by atoms with E-state index < -0.39 is 27.7 Å². The Labute approximate surface area is 281 Å². The standard InChI is InChI=1S/C34H37N3O5S.Na/c1-34(2,3)22-25-8-10-27(11-9-25)31(21-24-6-12-28(13-7-24)32(38)36-19-20-43(40,41)42)33(39)37-30-16-14-26(15-17-30)29-5-4-18-35-23-29;/h4-18,23,31H,19-22H2,1-3H3,(H,36,38)(H,37,39)(H,40,41,42);/q;+1/p-1. The van der Waals surface area contributed by atoms with Crippen LogP contribution in [-0.4, -0.2) is 42.1 Å². The van der Waals surface area contributed by atoms with Crippen molar-refractivity contribution in [1.82, 2.24) is 10.3 Å². The first-order chi connectivity index (χ1) is 20.4. The summed E-state index contributed by atoms with van der Waals surface area (Å²) in [5.41, 5.74) is 6.05. The molecule has 0 spiro atoms. The van der Waals surface area contributed by atoms with Gasteiger partial charge < -0.3 is 15.2 Å². The summed E-state index contributed by atoms with van der Waals surface area (Å²) in [6, 6.07) is 26.4. The van der Waals surface area contributed by atoms with Gasteiger partial charge in [-0.2, -0.15) is 0 Å². The Kier molecular flexibility index (Phi) is 12.5. The molecule has 0 aliphatic heterocycles. The SMILES string of the molecule is CC(C)(C)Cc1ccc(C(Cc2ccc(C(=O)NCCS(=O)(=O)[O-])cc2)C(=O)Nc2ccc(-c3cccnc3)cc2)cc1.[Na+]. The number of aromatic nitrogens is 1. The normalized spacial score (nSPS) is 12.1. The van der Waals surface area contributed by atoms with E-state index >= 15 is 0 Å². The summed E-state index contributed by atoms with van der Waals surface area (Å²) in [5, 5.41) is 5.50. The van der Waals surface area contributed by atoms with Crippen LogP contribution in [0.2, 0.25) is 0 Å². The average Bonchev–Trinajstić information content (AvgIpc) is 2.96. The molecular weight excluding hydrogens is 585 g/mol. The molecule has 1 aromatic heterocycles. The molecule has 4 aromatic rings. The molecule has 2 N–H and O–H groups in total. The van der Waals surface area contributed by atoms with Crippen molar-refractivity contribution < 1.29 is 52.1 Å². The first-order valence-electron chi connectivity index (χ1n) is 14.1. The van der Waals surface area contributed by atoms with E-state index in [0.29, 0.717) is 17.7 Å². The Hall–Kier alpha value is -3.34. The number of nitrogens with zero attached hydrogens (tertiary/aromatic N) is 1. The Balaban J connectivity index is 0.00000529. The first kappa shape index (κ1) is 35.1. The van der Waals surface area contributed by atoms with E-state index in [2.05, 4.69) is 48.5 Å². The number of carbonyl (C=O) groups excluding carboxylic acids is 2. The molecule has 4 rings (SSSR count). The summed E-state index contributed by atoms with van der Waals surface area (Å²) in [4.78, 5) is 30.2. The van der Waals surface area contributed by atoms with Gasteiger partial charge in [-0.05, 0) is 76.4 Å². The monoisotopic (exact) mass is 621 g/mol. The zero-order valence-corrected chi connectivity index (χ0v) is 28.4. The second-order valence-corrected chi connectivity index (χ2v) is 13.3. The number of benzene rings is 3. The summed E-state index contributed by atoms with van der Waals surface area (Å²) >= 11 is 0. The minimum atomic E-state index is -4.41. The molecule has 2 amide bonds. The molecule has 44 heavy (non-hydrogen) atoms. The molecule has 1 unspecified atom stereocenters. The number of rotatable bonds is 11. The summed E-state index contributed by atoms with van der Waals surface area (Å²) in [6.45, 7) is 6.30. The predicted octanol–water partition coefficient (Wildman–Crippen LogP) is 2.58. The van der Waals surface area contributed by atoms with Crippen molar-refractivity contribution in [1.29, 1.82) is 0 Å². The Bertz CT molecular complexity index is 1640. The number of hydrogen-bond acceptors (Lipinski definition) is 6. The quantitative estimate of drug-likeness (QED) is 0.196. The molecule has 0 fully saturated rings. The third-order valence-electron chi connectivity index (χ3n) is 6.87. The molecule has 10 heteroatoms. The number of hydrogen-bond donors (Lipinski definition) is 2. The summed E-state index contributed by atoms with van der Waals surface area (Å²) in [7, 11) is -4.41. The van der Waals surface area contributed by atoms with Gasteiger partial charge in [-0.15, -0.1) is 0 Å². The Morgan fingerprint density at radius 3 is 2.07 bits per heavy atom. The second-order valence-electron chi connectivity index (χ2n) is 11.8. The van der Waals surface area contributed by atoms with Crippen molar-refractivity contribution in [3.05, 3.63) is 120 Å². The van der Waals surface area contributed by atoms with E-state index in [1.807, 2.05) is 48.5 Å². The van der Waals surface area contributed by atoms with Crippen LogP contribution in [0.5, 0.6) is 0 Å². The molecule has 224 valence electrons. The van der Waals surface area contributed by atoms with Crippen molar-refractivity contribution in [2.24, 2.45) is 5.41 Å². The maximum Gasteiger partial charge on any atom is 1.00 e. The van der Waals surface area contributed by atoms with E-state index in [-0.39, 0.29) is 47.4 Å². The van der Waals surface area contributed by atoms with Crippen LogP contribution in [0.25, 0.3) is 11.1 Å². The fourth-order valence-electron chi connectivity index (χ4n) is 4.77. The fourth-order valence-corrected chi connectivity index (χ4v) is 5.12. The molecule has 0 radical (unpaired) electrons. The maximum absolute atomic E-state index is 13.7. The van der Waals surface area contributed by atoms with E-state index in [9.17, 15) is 22.6 Å². The van der Waals surface area contributed by atoms with Crippen LogP contribution in [0.1, 0.15) is 53.7 Å². The Morgan fingerprint density at radius 1 is 0.864 bits per heavy atom. The van der Waals surface area contributed by atoms with Gasteiger partial charge in [0.15, 0.2) is 0 Å². The fraction of sp³-hybridized carbons (Fsp3) is 0.265. The van der Waals surface area contributed by atoms with Crippen molar-refractivity contribution in [2.45, 2.75) is 39.5 Å². The van der Waals surface area contributed by atoms with Crippen LogP contribution < -0.4 is 40.2 Å². The third-order valence-corrected chi connectivity index (χ3v) is 7.58. The summed E-state index contributed by atoms with van der Waals surface area (Å²) < 4.78 is 32.4. The van der Waals surface area contributed by atoms with E-state index in [0.717, 1.165) is 28.7 Å². The van der Waals surface area contributed by atoms with Crippen LogP contribution in [0, 0.1) is 5.41 Å². The van der Waals surface area contributed by atoms with Crippen LogP contribution in [0.3, 0.4) is 0 Å². The molecule has 1 atom stereocenters. The van der Waals surface area contributed by atoms with Gasteiger partial charge in [0.05, 0.1) is 21.8 Å². The van der Waals surface area contributed by atoms with Crippen molar-refractivity contribution in [3.8, 4) is 11.1 Å². The molecule has 0 saturated carbocycles. The smallest absolute Gasteiger partial charge is 0.748 e. The topological polar surface area (TPSA) is 128 Å². The number of pyridine rings is 1. The second kappa shape index (κ2) is 15.6. The maximum atomic E-state index is 13.7. The minimum Gasteiger partial charge on any atom is -0.748 e. The van der Waals surface area contributed by atoms with Crippen LogP contribution in [-0.2, 0) is 27.8 Å². The molecule has 0 bridgehead atoms. The molecule has 3 aromatic carbocycles. The van der Waals surface area contributed by atoms with Gasteiger partial charge in [-0.3, -0.25) is 14.6 Å². The van der Waals surface area contributed by atoms with Gasteiger partial charge >= 0.3 is 29.6 Å². The molecular formula is C34H36N3NaO5S. The molecule has 1 heterocycles. The van der Waals surface area contributed by atoms with Crippen molar-refractivity contribution >= 4 is 27.6 Å². The minimum absolute atomic E-state index is 0. The van der Waals surface area contributed by atoms with Gasteiger partial charge in [0.2, 0.25) is 5.91 Å².